The van der Waals surface area contributed by atoms with Crippen molar-refractivity contribution < 1.29 is 18.8 Å². The van der Waals surface area contributed by atoms with Crippen molar-refractivity contribution >= 4 is 6.09 Å². The molecule has 8 heteroatoms. The summed E-state index contributed by atoms with van der Waals surface area (Å²) in [6, 6.07) is 3.30. The third kappa shape index (κ3) is 4.75. The normalized spacial score (nSPS) is 17.4. The van der Waals surface area contributed by atoms with E-state index in [9.17, 15) is 4.79 Å². The molecular weight excluding hydrogens is 348 g/mol. The van der Waals surface area contributed by atoms with Crippen LogP contribution in [0.15, 0.2) is 22.9 Å². The van der Waals surface area contributed by atoms with Gasteiger partial charge >= 0.3 is 6.09 Å². The number of hydrogen-bond donors (Lipinski definition) is 0. The largest absolute Gasteiger partial charge is 0.475 e. The summed E-state index contributed by atoms with van der Waals surface area (Å²) in [5, 5.41) is 4.10. The minimum absolute atomic E-state index is 0.0203. The summed E-state index contributed by atoms with van der Waals surface area (Å²) in [6.45, 7) is 10.0. The van der Waals surface area contributed by atoms with Crippen molar-refractivity contribution in [3.8, 4) is 17.3 Å². The SMILES string of the molecule is CC(C)Oc1cc(-c2nc(C3CCCN3C(=O)OC(C)(C)C)no2)ccn1. The molecule has 0 aliphatic carbocycles. The molecule has 2 aromatic heterocycles. The molecule has 1 fully saturated rings. The fourth-order valence-electron chi connectivity index (χ4n) is 2.91. The molecule has 1 saturated heterocycles. The van der Waals surface area contributed by atoms with Gasteiger partial charge in [0.2, 0.25) is 5.88 Å². The Morgan fingerprint density at radius 2 is 2.15 bits per heavy atom. The number of rotatable bonds is 4. The summed E-state index contributed by atoms with van der Waals surface area (Å²) >= 11 is 0. The van der Waals surface area contributed by atoms with Gasteiger partial charge in [-0.3, -0.25) is 4.90 Å². The van der Waals surface area contributed by atoms with Gasteiger partial charge in [0.05, 0.1) is 12.1 Å². The Labute approximate surface area is 158 Å². The molecule has 0 saturated carbocycles. The second kappa shape index (κ2) is 7.54. The first kappa shape index (κ1) is 19.1. The smallest absolute Gasteiger partial charge is 0.410 e. The first-order chi connectivity index (χ1) is 12.7. The summed E-state index contributed by atoms with van der Waals surface area (Å²) < 4.78 is 16.5. The number of pyridine rings is 1. The summed E-state index contributed by atoms with van der Waals surface area (Å²) in [4.78, 5) is 22.8. The zero-order valence-corrected chi connectivity index (χ0v) is 16.4. The molecule has 1 unspecified atom stereocenters. The zero-order valence-electron chi connectivity index (χ0n) is 16.4. The lowest BCUT2D eigenvalue weighted by Gasteiger charge is -2.27. The summed E-state index contributed by atoms with van der Waals surface area (Å²) in [5.74, 6) is 1.35. The van der Waals surface area contributed by atoms with E-state index in [0.717, 1.165) is 18.4 Å². The van der Waals surface area contributed by atoms with Crippen molar-refractivity contribution in [2.75, 3.05) is 6.54 Å². The number of carbonyl (C=O) groups excluding carboxylic acids is 1. The highest BCUT2D eigenvalue weighted by Gasteiger charge is 2.36. The lowest BCUT2D eigenvalue weighted by molar-refractivity contribution is 0.0217. The molecule has 3 rings (SSSR count). The van der Waals surface area contributed by atoms with Crippen LogP contribution in [0.5, 0.6) is 5.88 Å². The second-order valence-electron chi connectivity index (χ2n) is 7.84. The first-order valence-corrected chi connectivity index (χ1v) is 9.19. The van der Waals surface area contributed by atoms with Gasteiger partial charge in [0.1, 0.15) is 5.60 Å². The number of likely N-dealkylation sites (tertiary alicyclic amines) is 1. The van der Waals surface area contributed by atoms with E-state index in [1.54, 1.807) is 23.2 Å². The van der Waals surface area contributed by atoms with Gasteiger partial charge < -0.3 is 14.0 Å². The Balaban J connectivity index is 1.78. The molecule has 1 amide bonds. The fraction of sp³-hybridized carbons (Fsp3) is 0.579. The van der Waals surface area contributed by atoms with Crippen LogP contribution in [-0.2, 0) is 4.74 Å². The third-order valence-corrected chi connectivity index (χ3v) is 3.96. The van der Waals surface area contributed by atoms with Crippen LogP contribution in [0.25, 0.3) is 11.5 Å². The van der Waals surface area contributed by atoms with Gasteiger partial charge in [-0.05, 0) is 53.5 Å². The third-order valence-electron chi connectivity index (χ3n) is 3.96. The van der Waals surface area contributed by atoms with Gasteiger partial charge in [-0.2, -0.15) is 4.98 Å². The lowest BCUT2D eigenvalue weighted by atomic mass is 10.2. The molecule has 0 bridgehead atoms. The minimum Gasteiger partial charge on any atom is -0.475 e. The van der Waals surface area contributed by atoms with Gasteiger partial charge in [-0.1, -0.05) is 5.16 Å². The van der Waals surface area contributed by atoms with E-state index in [2.05, 4.69) is 15.1 Å². The van der Waals surface area contributed by atoms with E-state index < -0.39 is 5.60 Å². The Hall–Kier alpha value is -2.64. The van der Waals surface area contributed by atoms with Crippen LogP contribution < -0.4 is 4.74 Å². The van der Waals surface area contributed by atoms with E-state index >= 15 is 0 Å². The van der Waals surface area contributed by atoms with Crippen LogP contribution in [0.3, 0.4) is 0 Å². The van der Waals surface area contributed by atoms with Gasteiger partial charge in [0, 0.05) is 24.4 Å². The van der Waals surface area contributed by atoms with E-state index in [0.29, 0.717) is 24.1 Å². The van der Waals surface area contributed by atoms with Crippen LogP contribution in [0, 0.1) is 0 Å². The maximum Gasteiger partial charge on any atom is 0.410 e. The highest BCUT2D eigenvalue weighted by Crippen LogP contribution is 2.33. The molecule has 0 aromatic carbocycles. The van der Waals surface area contributed by atoms with Crippen LogP contribution in [-0.4, -0.2) is 44.4 Å². The molecule has 27 heavy (non-hydrogen) atoms. The second-order valence-corrected chi connectivity index (χ2v) is 7.84. The van der Waals surface area contributed by atoms with Crippen molar-refractivity contribution in [1.29, 1.82) is 0 Å². The fourth-order valence-corrected chi connectivity index (χ4v) is 2.91. The first-order valence-electron chi connectivity index (χ1n) is 9.19. The number of aromatic nitrogens is 3. The maximum atomic E-state index is 12.5. The van der Waals surface area contributed by atoms with Crippen molar-refractivity contribution in [3.05, 3.63) is 24.2 Å². The summed E-state index contributed by atoms with van der Waals surface area (Å²) in [6.07, 6.45) is 2.95. The Bertz CT molecular complexity index is 797. The number of ether oxygens (including phenoxy) is 2. The van der Waals surface area contributed by atoms with Gasteiger partial charge in [0.25, 0.3) is 5.89 Å². The van der Waals surface area contributed by atoms with Gasteiger partial charge in [-0.25, -0.2) is 9.78 Å². The number of hydrogen-bond acceptors (Lipinski definition) is 7. The monoisotopic (exact) mass is 374 g/mol. The number of nitrogens with zero attached hydrogens (tertiary/aromatic N) is 4. The topological polar surface area (TPSA) is 90.6 Å². The quantitative estimate of drug-likeness (QED) is 0.799. The van der Waals surface area contributed by atoms with Crippen LogP contribution in [0.1, 0.15) is 59.3 Å². The highest BCUT2D eigenvalue weighted by atomic mass is 16.6. The van der Waals surface area contributed by atoms with Crippen LogP contribution in [0.4, 0.5) is 4.79 Å². The molecule has 1 atom stereocenters. The van der Waals surface area contributed by atoms with E-state index in [1.165, 1.54) is 0 Å². The van der Waals surface area contributed by atoms with Crippen LogP contribution in [0.2, 0.25) is 0 Å². The van der Waals surface area contributed by atoms with E-state index in [4.69, 9.17) is 14.0 Å². The summed E-state index contributed by atoms with van der Waals surface area (Å²) in [5.41, 5.74) is 0.178. The van der Waals surface area contributed by atoms with E-state index in [1.807, 2.05) is 34.6 Å². The van der Waals surface area contributed by atoms with Crippen molar-refractivity contribution in [1.82, 2.24) is 20.0 Å². The Kier molecular flexibility index (Phi) is 5.34. The summed E-state index contributed by atoms with van der Waals surface area (Å²) in [7, 11) is 0. The molecule has 8 nitrogen and oxygen atoms in total. The highest BCUT2D eigenvalue weighted by molar-refractivity contribution is 5.69. The standard InChI is InChI=1S/C19H26N4O4/c1-12(2)25-15-11-13(8-9-20-15)17-21-16(22-27-17)14-7-6-10-23(14)18(24)26-19(3,4)5/h8-9,11-12,14H,6-7,10H2,1-5H3. The predicted octanol–water partition coefficient (Wildman–Crippen LogP) is 3.99. The average molecular weight is 374 g/mol. The average Bonchev–Trinajstić information content (AvgIpc) is 3.22. The molecule has 1 aliphatic rings. The predicted molar refractivity (Wildman–Crippen MR) is 98.2 cm³/mol. The lowest BCUT2D eigenvalue weighted by Crippen LogP contribution is -2.36. The minimum atomic E-state index is -0.545. The van der Waals surface area contributed by atoms with Gasteiger partial charge in [0.15, 0.2) is 5.82 Å². The number of amides is 1. The zero-order chi connectivity index (χ0) is 19.6. The molecule has 146 valence electrons. The molecule has 1 aliphatic heterocycles. The Morgan fingerprint density at radius 3 is 2.85 bits per heavy atom. The van der Waals surface area contributed by atoms with E-state index in [-0.39, 0.29) is 18.2 Å². The molecule has 0 spiro atoms. The molecule has 3 heterocycles. The van der Waals surface area contributed by atoms with Crippen molar-refractivity contribution in [2.45, 2.75) is 65.2 Å². The Morgan fingerprint density at radius 1 is 1.37 bits per heavy atom. The molecule has 0 N–H and O–H groups in total. The van der Waals surface area contributed by atoms with Gasteiger partial charge in [-0.15, -0.1) is 0 Å². The molecule has 0 radical (unpaired) electrons. The number of carbonyl (C=O) groups is 1. The van der Waals surface area contributed by atoms with Crippen LogP contribution >= 0.6 is 0 Å². The molecule has 2 aromatic rings. The van der Waals surface area contributed by atoms with Crippen molar-refractivity contribution in [2.24, 2.45) is 0 Å². The van der Waals surface area contributed by atoms with Crippen molar-refractivity contribution in [3.63, 3.8) is 0 Å². The maximum absolute atomic E-state index is 12.5. The molecular formula is C19H26N4O4.